The summed E-state index contributed by atoms with van der Waals surface area (Å²) in [6.07, 6.45) is 0.910. The van der Waals surface area contributed by atoms with Crippen molar-refractivity contribution in [2.45, 2.75) is 19.6 Å². The fourth-order valence-corrected chi connectivity index (χ4v) is 2.00. The third-order valence-corrected chi connectivity index (χ3v) is 3.03. The Kier molecular flexibility index (Phi) is 6.14. The first-order valence-electron chi connectivity index (χ1n) is 4.63. The molecular formula is C11H16IO2-. The molecule has 0 spiro atoms. The van der Waals surface area contributed by atoms with Crippen molar-refractivity contribution < 1.29 is 29.4 Å². The van der Waals surface area contributed by atoms with Crippen molar-refractivity contribution in [2.75, 3.05) is 11.5 Å². The zero-order chi connectivity index (χ0) is 10.2. The van der Waals surface area contributed by atoms with Gasteiger partial charge >= 0.3 is 96.5 Å². The van der Waals surface area contributed by atoms with Crippen LogP contribution in [0.3, 0.4) is 0 Å². The number of alkyl halides is 1. The van der Waals surface area contributed by atoms with Gasteiger partial charge in [-0.15, -0.1) is 0 Å². The summed E-state index contributed by atoms with van der Waals surface area (Å²) >= 11 is -0.131. The van der Waals surface area contributed by atoms with Crippen molar-refractivity contribution in [3.8, 4) is 0 Å². The molecule has 0 amide bonds. The van der Waals surface area contributed by atoms with Gasteiger partial charge in [0.25, 0.3) is 0 Å². The SMILES string of the molecule is C[I-]OC(C)OCCc1ccccc1. The summed E-state index contributed by atoms with van der Waals surface area (Å²) in [5.41, 5.74) is 1.31. The Morgan fingerprint density at radius 2 is 2.00 bits per heavy atom. The average molecular weight is 307 g/mol. The van der Waals surface area contributed by atoms with Gasteiger partial charge in [-0.05, 0) is 0 Å². The van der Waals surface area contributed by atoms with Crippen LogP contribution in [0.4, 0.5) is 0 Å². The molecule has 80 valence electrons. The van der Waals surface area contributed by atoms with E-state index >= 15 is 0 Å². The van der Waals surface area contributed by atoms with E-state index in [-0.39, 0.29) is 27.9 Å². The van der Waals surface area contributed by atoms with Crippen LogP contribution in [0.15, 0.2) is 30.3 Å². The van der Waals surface area contributed by atoms with Gasteiger partial charge in [0, 0.05) is 0 Å². The van der Waals surface area contributed by atoms with E-state index in [0.29, 0.717) is 0 Å². The summed E-state index contributed by atoms with van der Waals surface area (Å²) in [5, 5.41) is 0. The summed E-state index contributed by atoms with van der Waals surface area (Å²) < 4.78 is 10.9. The molecule has 0 aliphatic rings. The summed E-state index contributed by atoms with van der Waals surface area (Å²) in [4.78, 5) is 2.08. The molecule has 0 aliphatic heterocycles. The molecule has 1 rings (SSSR count). The van der Waals surface area contributed by atoms with Crippen molar-refractivity contribution in [1.82, 2.24) is 0 Å². The molecule has 0 fully saturated rings. The van der Waals surface area contributed by atoms with Crippen LogP contribution in [0.2, 0.25) is 0 Å². The number of halogens is 1. The van der Waals surface area contributed by atoms with Gasteiger partial charge in [0.2, 0.25) is 0 Å². The topological polar surface area (TPSA) is 18.5 Å². The average Bonchev–Trinajstić information content (AvgIpc) is 2.20. The van der Waals surface area contributed by atoms with Gasteiger partial charge in [0.1, 0.15) is 0 Å². The van der Waals surface area contributed by atoms with Crippen LogP contribution in [-0.2, 0) is 14.2 Å². The van der Waals surface area contributed by atoms with Crippen LogP contribution in [0.5, 0.6) is 0 Å². The fourth-order valence-electron chi connectivity index (χ4n) is 1.14. The predicted molar refractivity (Wildman–Crippen MR) is 52.6 cm³/mol. The molecule has 0 aliphatic carbocycles. The zero-order valence-electron chi connectivity index (χ0n) is 8.57. The van der Waals surface area contributed by atoms with Gasteiger partial charge in [0.05, 0.1) is 0 Å². The van der Waals surface area contributed by atoms with Gasteiger partial charge < -0.3 is 0 Å². The molecule has 0 aromatic heterocycles. The minimum atomic E-state index is -0.131. The van der Waals surface area contributed by atoms with E-state index in [4.69, 9.17) is 7.80 Å². The molecule has 1 unspecified atom stereocenters. The molecule has 14 heavy (non-hydrogen) atoms. The molecule has 1 aromatic rings. The van der Waals surface area contributed by atoms with Crippen molar-refractivity contribution >= 4 is 0 Å². The summed E-state index contributed by atoms with van der Waals surface area (Å²) in [6, 6.07) is 10.3. The molecular weight excluding hydrogens is 291 g/mol. The van der Waals surface area contributed by atoms with Gasteiger partial charge in [-0.25, -0.2) is 0 Å². The van der Waals surface area contributed by atoms with Gasteiger partial charge in [0.15, 0.2) is 0 Å². The zero-order valence-corrected chi connectivity index (χ0v) is 10.7. The van der Waals surface area contributed by atoms with Crippen LogP contribution < -0.4 is 21.6 Å². The van der Waals surface area contributed by atoms with Gasteiger partial charge in [-0.2, -0.15) is 0 Å². The molecule has 0 N–H and O–H groups in total. The quantitative estimate of drug-likeness (QED) is 0.391. The van der Waals surface area contributed by atoms with E-state index in [0.717, 1.165) is 13.0 Å². The van der Waals surface area contributed by atoms with E-state index in [2.05, 4.69) is 17.1 Å². The maximum atomic E-state index is 5.49. The monoisotopic (exact) mass is 307 g/mol. The minimum absolute atomic E-state index is 0.0449. The molecule has 0 heterocycles. The summed E-state index contributed by atoms with van der Waals surface area (Å²) in [6.45, 7) is 2.68. The Hall–Kier alpha value is -0.130. The van der Waals surface area contributed by atoms with E-state index in [9.17, 15) is 0 Å². The second-order valence-corrected chi connectivity index (χ2v) is 4.31. The Bertz CT molecular complexity index is 238. The Morgan fingerprint density at radius 1 is 1.29 bits per heavy atom. The first-order valence-corrected chi connectivity index (χ1v) is 7.67. The van der Waals surface area contributed by atoms with Crippen molar-refractivity contribution in [2.24, 2.45) is 0 Å². The van der Waals surface area contributed by atoms with Crippen molar-refractivity contribution in [1.29, 1.82) is 0 Å². The van der Waals surface area contributed by atoms with Crippen molar-refractivity contribution in [3.63, 3.8) is 0 Å². The Labute approximate surface area is 96.4 Å². The second kappa shape index (κ2) is 7.20. The number of ether oxygens (including phenoxy) is 1. The molecule has 0 saturated heterocycles. The third-order valence-electron chi connectivity index (χ3n) is 1.80. The molecule has 1 aromatic carbocycles. The second-order valence-electron chi connectivity index (χ2n) is 2.92. The van der Waals surface area contributed by atoms with Crippen LogP contribution in [-0.4, -0.2) is 17.8 Å². The molecule has 0 radical (unpaired) electrons. The molecule has 3 heteroatoms. The van der Waals surface area contributed by atoms with Crippen LogP contribution >= 0.6 is 0 Å². The molecule has 0 bridgehead atoms. The number of benzene rings is 1. The van der Waals surface area contributed by atoms with Crippen LogP contribution in [0.25, 0.3) is 0 Å². The number of hydrogen-bond acceptors (Lipinski definition) is 2. The molecule has 2 nitrogen and oxygen atoms in total. The Balaban J connectivity index is 2.16. The van der Waals surface area contributed by atoms with E-state index in [1.54, 1.807) is 0 Å². The summed E-state index contributed by atoms with van der Waals surface area (Å²) in [5.74, 6) is 0. The first-order chi connectivity index (χ1) is 6.83. The third kappa shape index (κ3) is 4.93. The number of rotatable bonds is 6. The first kappa shape index (κ1) is 11.9. The fraction of sp³-hybridized carbons (Fsp3) is 0.455. The normalized spacial score (nSPS) is 13.0. The van der Waals surface area contributed by atoms with Crippen molar-refractivity contribution in [3.05, 3.63) is 35.9 Å². The molecule has 0 saturated carbocycles. The standard InChI is InChI=1S/C11H16IO2/c1-10(14-12-2)13-9-8-11-6-4-3-5-7-11/h3-7,10H,8-9H2,1-2H3/q-1. The van der Waals surface area contributed by atoms with Crippen LogP contribution in [0.1, 0.15) is 12.5 Å². The maximum absolute atomic E-state index is 5.49. The Morgan fingerprint density at radius 3 is 2.64 bits per heavy atom. The predicted octanol–water partition coefficient (Wildman–Crippen LogP) is -0.758. The van der Waals surface area contributed by atoms with Crippen LogP contribution in [0, 0.1) is 0 Å². The van der Waals surface area contributed by atoms with E-state index in [1.165, 1.54) is 5.56 Å². The van der Waals surface area contributed by atoms with Gasteiger partial charge in [-0.1, -0.05) is 0 Å². The molecule has 1 atom stereocenters. The van der Waals surface area contributed by atoms with E-state index in [1.807, 2.05) is 25.1 Å². The van der Waals surface area contributed by atoms with Gasteiger partial charge in [-0.3, -0.25) is 0 Å². The van der Waals surface area contributed by atoms with E-state index < -0.39 is 0 Å². The number of hydrogen-bond donors (Lipinski definition) is 0. The summed E-state index contributed by atoms with van der Waals surface area (Å²) in [7, 11) is 0.